The number of furan rings is 1. The average molecular weight is 491 g/mol. The highest BCUT2D eigenvalue weighted by Crippen LogP contribution is 2.36. The molecule has 1 N–H and O–H groups in total. The Morgan fingerprint density at radius 3 is 2.16 bits per heavy atom. The number of amides is 1. The molecule has 7 heteroatoms. The number of esters is 1. The second-order valence-corrected chi connectivity index (χ2v) is 8.26. The van der Waals surface area contributed by atoms with Crippen molar-refractivity contribution in [2.24, 2.45) is 0 Å². The van der Waals surface area contributed by atoms with Crippen molar-refractivity contribution >= 4 is 35.3 Å². The monoisotopic (exact) mass is 491 g/mol. The number of anilines is 1. The molecule has 0 radical (unpaired) electrons. The molecule has 1 aliphatic rings. The minimum Gasteiger partial charge on any atom is -0.478 e. The molecule has 5 rings (SSSR count). The number of carboxylic acids is 1. The van der Waals surface area contributed by atoms with Gasteiger partial charge in [0.15, 0.2) is 0 Å². The van der Waals surface area contributed by atoms with E-state index in [9.17, 15) is 19.5 Å². The third kappa shape index (κ3) is 4.70. The van der Waals surface area contributed by atoms with Crippen LogP contribution >= 0.6 is 0 Å². The SMILES string of the molecule is COC(=O)c1ccc(-c2ccc(/C=C3\C=C(c4ccccc4)N(c4ccc(C(=O)O)cc4)C3=O)o2)cc1. The number of benzene rings is 3. The Bertz CT molecular complexity index is 1540. The smallest absolute Gasteiger partial charge is 0.337 e. The van der Waals surface area contributed by atoms with E-state index < -0.39 is 11.9 Å². The molecular weight excluding hydrogens is 470 g/mol. The summed E-state index contributed by atoms with van der Waals surface area (Å²) in [4.78, 5) is 38.0. The van der Waals surface area contributed by atoms with Crippen molar-refractivity contribution in [2.75, 3.05) is 12.0 Å². The lowest BCUT2D eigenvalue weighted by Crippen LogP contribution is -2.25. The summed E-state index contributed by atoms with van der Waals surface area (Å²) in [6.07, 6.45) is 3.46. The topological polar surface area (TPSA) is 97.0 Å². The molecule has 3 aromatic carbocycles. The van der Waals surface area contributed by atoms with Gasteiger partial charge in [-0.15, -0.1) is 0 Å². The van der Waals surface area contributed by atoms with Crippen LogP contribution in [-0.2, 0) is 9.53 Å². The molecule has 0 fully saturated rings. The maximum atomic E-state index is 13.5. The molecule has 2 heterocycles. The van der Waals surface area contributed by atoms with Crippen LogP contribution in [0.4, 0.5) is 5.69 Å². The lowest BCUT2D eigenvalue weighted by molar-refractivity contribution is -0.113. The van der Waals surface area contributed by atoms with E-state index in [-0.39, 0.29) is 11.5 Å². The summed E-state index contributed by atoms with van der Waals surface area (Å²) in [5.74, 6) is -0.641. The maximum Gasteiger partial charge on any atom is 0.337 e. The van der Waals surface area contributed by atoms with Gasteiger partial charge >= 0.3 is 11.9 Å². The summed E-state index contributed by atoms with van der Waals surface area (Å²) in [5.41, 5.74) is 3.83. The number of rotatable bonds is 6. The summed E-state index contributed by atoms with van der Waals surface area (Å²) < 4.78 is 10.7. The Balaban J connectivity index is 1.48. The van der Waals surface area contributed by atoms with Crippen molar-refractivity contribution in [2.45, 2.75) is 0 Å². The molecule has 0 saturated heterocycles. The van der Waals surface area contributed by atoms with E-state index >= 15 is 0 Å². The first-order chi connectivity index (χ1) is 17.9. The van der Waals surface area contributed by atoms with Gasteiger partial charge in [-0.25, -0.2) is 9.59 Å². The second kappa shape index (κ2) is 9.83. The molecule has 0 saturated carbocycles. The summed E-state index contributed by atoms with van der Waals surface area (Å²) in [7, 11) is 1.33. The van der Waals surface area contributed by atoms with E-state index in [1.165, 1.54) is 19.2 Å². The van der Waals surface area contributed by atoms with Crippen LogP contribution in [0.1, 0.15) is 32.0 Å². The van der Waals surface area contributed by atoms with E-state index in [0.29, 0.717) is 34.0 Å². The largest absolute Gasteiger partial charge is 0.478 e. The van der Waals surface area contributed by atoms with Crippen molar-refractivity contribution in [1.82, 2.24) is 0 Å². The number of nitrogens with zero attached hydrogens (tertiary/aromatic N) is 1. The van der Waals surface area contributed by atoms with Crippen molar-refractivity contribution in [1.29, 1.82) is 0 Å². The molecule has 1 aliphatic heterocycles. The van der Waals surface area contributed by atoms with E-state index in [0.717, 1.165) is 11.1 Å². The Labute approximate surface area is 212 Å². The predicted octanol–water partition coefficient (Wildman–Crippen LogP) is 5.90. The van der Waals surface area contributed by atoms with Crippen molar-refractivity contribution in [3.8, 4) is 11.3 Å². The Kier molecular flexibility index (Phi) is 6.26. The highest BCUT2D eigenvalue weighted by Gasteiger charge is 2.30. The van der Waals surface area contributed by atoms with Gasteiger partial charge in [0.25, 0.3) is 5.91 Å². The standard InChI is InChI=1S/C30H21NO6/c1-36-30(35)22-9-7-20(8-10-22)27-16-15-25(37-27)17-23-18-26(19-5-3-2-4-6-19)31(28(23)32)24-13-11-21(12-14-24)29(33)34/h2-18H,1H3,(H,33,34)/b23-17+. The number of hydrogen-bond donors (Lipinski definition) is 1. The van der Waals surface area contributed by atoms with Gasteiger partial charge in [0.1, 0.15) is 11.5 Å². The molecule has 37 heavy (non-hydrogen) atoms. The van der Waals surface area contributed by atoms with E-state index in [4.69, 9.17) is 9.15 Å². The van der Waals surface area contributed by atoms with Gasteiger partial charge in [-0.05, 0) is 66.2 Å². The highest BCUT2D eigenvalue weighted by atomic mass is 16.5. The first kappa shape index (κ1) is 23.6. The van der Waals surface area contributed by atoms with Gasteiger partial charge in [-0.1, -0.05) is 42.5 Å². The van der Waals surface area contributed by atoms with Crippen LogP contribution in [-0.4, -0.2) is 30.1 Å². The molecule has 0 atom stereocenters. The third-order valence-electron chi connectivity index (χ3n) is 5.94. The van der Waals surface area contributed by atoms with E-state index in [1.807, 2.05) is 30.3 Å². The van der Waals surface area contributed by atoms with Crippen LogP contribution in [0.25, 0.3) is 23.1 Å². The molecule has 7 nitrogen and oxygen atoms in total. The highest BCUT2D eigenvalue weighted by molar-refractivity contribution is 6.23. The molecular formula is C30H21NO6. The Morgan fingerprint density at radius 1 is 0.838 bits per heavy atom. The molecule has 0 spiro atoms. The van der Waals surface area contributed by atoms with Crippen LogP contribution in [0.5, 0.6) is 0 Å². The first-order valence-electron chi connectivity index (χ1n) is 11.4. The number of carbonyl (C=O) groups excluding carboxylic acids is 2. The van der Waals surface area contributed by atoms with Crippen LogP contribution in [0.3, 0.4) is 0 Å². The average Bonchev–Trinajstić information content (AvgIpc) is 3.53. The molecule has 1 aromatic heterocycles. The number of hydrogen-bond acceptors (Lipinski definition) is 5. The fourth-order valence-electron chi connectivity index (χ4n) is 4.07. The molecule has 182 valence electrons. The number of methoxy groups -OCH3 is 1. The minimum atomic E-state index is -1.03. The summed E-state index contributed by atoms with van der Waals surface area (Å²) in [6.45, 7) is 0. The zero-order valence-electron chi connectivity index (χ0n) is 19.8. The predicted molar refractivity (Wildman–Crippen MR) is 139 cm³/mol. The molecule has 4 aromatic rings. The van der Waals surface area contributed by atoms with E-state index in [2.05, 4.69) is 0 Å². The van der Waals surface area contributed by atoms with Gasteiger partial charge < -0.3 is 14.3 Å². The maximum absolute atomic E-state index is 13.5. The Hall–Kier alpha value is -5.17. The van der Waals surface area contributed by atoms with Crippen LogP contribution < -0.4 is 4.90 Å². The number of carbonyl (C=O) groups is 3. The van der Waals surface area contributed by atoms with Crippen LogP contribution in [0.2, 0.25) is 0 Å². The van der Waals surface area contributed by atoms with Gasteiger partial charge in [0, 0.05) is 16.8 Å². The third-order valence-corrected chi connectivity index (χ3v) is 5.94. The van der Waals surface area contributed by atoms with Gasteiger partial charge in [-0.3, -0.25) is 9.69 Å². The number of aromatic carboxylic acids is 1. The van der Waals surface area contributed by atoms with Crippen LogP contribution in [0.15, 0.2) is 107 Å². The summed E-state index contributed by atoms with van der Waals surface area (Å²) in [6, 6.07) is 26.1. The fraction of sp³-hybridized carbons (Fsp3) is 0.0333. The number of ether oxygens (including phenoxy) is 1. The van der Waals surface area contributed by atoms with E-state index in [1.54, 1.807) is 65.6 Å². The summed E-state index contributed by atoms with van der Waals surface area (Å²) in [5, 5.41) is 9.23. The zero-order valence-corrected chi connectivity index (χ0v) is 19.8. The van der Waals surface area contributed by atoms with Gasteiger partial charge in [0.2, 0.25) is 0 Å². The van der Waals surface area contributed by atoms with Crippen LogP contribution in [0, 0.1) is 0 Å². The molecule has 0 aliphatic carbocycles. The van der Waals surface area contributed by atoms with Crippen molar-refractivity contribution < 1.29 is 28.6 Å². The number of carboxylic acid groups (broad SMARTS) is 1. The lowest BCUT2D eigenvalue weighted by Gasteiger charge is -2.21. The zero-order chi connectivity index (χ0) is 25.9. The fourth-order valence-corrected chi connectivity index (χ4v) is 4.07. The lowest BCUT2D eigenvalue weighted by atomic mass is 10.1. The second-order valence-electron chi connectivity index (χ2n) is 8.26. The molecule has 0 bridgehead atoms. The van der Waals surface area contributed by atoms with Crippen molar-refractivity contribution in [3.05, 3.63) is 125 Å². The first-order valence-corrected chi connectivity index (χ1v) is 11.4. The molecule has 1 amide bonds. The van der Waals surface area contributed by atoms with Gasteiger partial charge in [0.05, 0.1) is 23.9 Å². The molecule has 0 unspecified atom stereocenters. The minimum absolute atomic E-state index is 0.138. The van der Waals surface area contributed by atoms with Crippen molar-refractivity contribution in [3.63, 3.8) is 0 Å². The van der Waals surface area contributed by atoms with Gasteiger partial charge in [-0.2, -0.15) is 0 Å². The summed E-state index contributed by atoms with van der Waals surface area (Å²) >= 11 is 0. The normalized spacial score (nSPS) is 14.1. The quantitative estimate of drug-likeness (QED) is 0.266. The Morgan fingerprint density at radius 2 is 1.51 bits per heavy atom.